The van der Waals surface area contributed by atoms with Crippen molar-refractivity contribution in [2.45, 2.75) is 51.3 Å². The Bertz CT molecular complexity index is 1100. The fraction of sp³-hybridized carbons (Fsp3) is 0.538. The molecule has 2 aliphatic heterocycles. The highest BCUT2D eigenvalue weighted by Gasteiger charge is 2.22. The maximum Gasteiger partial charge on any atom is 0.0809 e. The fourth-order valence-corrected chi connectivity index (χ4v) is 8.04. The van der Waals surface area contributed by atoms with Crippen molar-refractivity contribution >= 4 is 45.9 Å². The lowest BCUT2D eigenvalue weighted by atomic mass is 10.1. The standard InChI is InChI=1S/C26H37IN4S/c1-6-9-10-30-11-13-31(14-12-30)22-16-20(8-3)26-24(18-22)32(27)23-17-21(29(4)5)15-19(7-2)25(23)28-26/h15-18H,6-14H2,1-5H3. The van der Waals surface area contributed by atoms with Crippen molar-refractivity contribution < 1.29 is 0 Å². The van der Waals surface area contributed by atoms with Crippen LogP contribution < -0.4 is 15.2 Å². The molecule has 4 rings (SSSR count). The molecule has 2 aromatic carbocycles. The van der Waals surface area contributed by atoms with Crippen molar-refractivity contribution in [1.82, 2.24) is 4.90 Å². The van der Waals surface area contributed by atoms with E-state index in [0.717, 1.165) is 25.9 Å². The second kappa shape index (κ2) is 10.4. The van der Waals surface area contributed by atoms with Crippen LogP contribution in [0.25, 0.3) is 0 Å². The van der Waals surface area contributed by atoms with Crippen LogP contribution in [0.15, 0.2) is 34.2 Å². The lowest BCUT2D eigenvalue weighted by Gasteiger charge is -2.36. The van der Waals surface area contributed by atoms with Gasteiger partial charge in [0, 0.05) is 61.1 Å². The third kappa shape index (κ3) is 4.73. The molecule has 0 bridgehead atoms. The van der Waals surface area contributed by atoms with Gasteiger partial charge in [-0.05, 0) is 82.4 Å². The molecule has 1 saturated heterocycles. The molecule has 2 aromatic rings. The van der Waals surface area contributed by atoms with Crippen molar-refractivity contribution in [3.8, 4) is 0 Å². The summed E-state index contributed by atoms with van der Waals surface area (Å²) >= 11 is 2.67. The third-order valence-corrected chi connectivity index (χ3v) is 11.0. The van der Waals surface area contributed by atoms with E-state index >= 15 is 0 Å². The first-order valence-electron chi connectivity index (χ1n) is 12.1. The topological polar surface area (TPSA) is 22.1 Å². The second-order valence-electron chi connectivity index (χ2n) is 9.06. The lowest BCUT2D eigenvalue weighted by molar-refractivity contribution is 0.254. The van der Waals surface area contributed by atoms with E-state index in [0.29, 0.717) is 0 Å². The van der Waals surface area contributed by atoms with Crippen LogP contribution >= 0.6 is 28.9 Å². The summed E-state index contributed by atoms with van der Waals surface area (Å²) in [4.78, 5) is 14.1. The molecule has 2 heterocycles. The highest BCUT2D eigenvalue weighted by Crippen LogP contribution is 2.48. The van der Waals surface area contributed by atoms with Crippen LogP contribution in [0.3, 0.4) is 0 Å². The van der Waals surface area contributed by atoms with Gasteiger partial charge < -0.3 is 9.80 Å². The van der Waals surface area contributed by atoms with Crippen molar-refractivity contribution in [3.05, 3.63) is 45.3 Å². The molecule has 1 unspecified atom stereocenters. The van der Waals surface area contributed by atoms with Crippen LogP contribution in [0.5, 0.6) is 0 Å². The van der Waals surface area contributed by atoms with Crippen LogP contribution in [0.4, 0.5) is 17.1 Å². The highest BCUT2D eigenvalue weighted by molar-refractivity contribution is 14.2. The predicted molar refractivity (Wildman–Crippen MR) is 149 cm³/mol. The van der Waals surface area contributed by atoms with Crippen molar-refractivity contribution in [2.75, 3.05) is 56.6 Å². The van der Waals surface area contributed by atoms with Crippen molar-refractivity contribution in [2.24, 2.45) is 4.99 Å². The van der Waals surface area contributed by atoms with Crippen molar-refractivity contribution in [1.29, 1.82) is 0 Å². The average Bonchev–Trinajstić information content (AvgIpc) is 2.82. The molecule has 32 heavy (non-hydrogen) atoms. The number of hydrogen-bond donors (Lipinski definition) is 0. The molecule has 174 valence electrons. The fourth-order valence-electron chi connectivity index (χ4n) is 4.65. The summed E-state index contributed by atoms with van der Waals surface area (Å²) in [7, 11) is 4.26. The predicted octanol–water partition coefficient (Wildman–Crippen LogP) is 5.99. The number of anilines is 2. The number of fused-ring (bicyclic) bond motifs is 2. The Morgan fingerprint density at radius 1 is 0.969 bits per heavy atom. The van der Waals surface area contributed by atoms with Crippen LogP contribution in [-0.2, 0) is 12.8 Å². The molecular formula is C26H37IN4S. The molecule has 2 aliphatic rings. The van der Waals surface area contributed by atoms with Crippen molar-refractivity contribution in [3.63, 3.8) is 0 Å². The van der Waals surface area contributed by atoms with E-state index in [1.165, 1.54) is 75.4 Å². The van der Waals surface area contributed by atoms with Crippen LogP contribution in [0.1, 0.15) is 44.7 Å². The Balaban J connectivity index is 1.76. The van der Waals surface area contributed by atoms with E-state index in [-0.39, 0.29) is 7.66 Å². The van der Waals surface area contributed by atoms with Crippen LogP contribution in [-0.4, -0.2) is 51.7 Å². The van der Waals surface area contributed by atoms with Gasteiger partial charge in [-0.2, -0.15) is 0 Å². The summed E-state index contributed by atoms with van der Waals surface area (Å²) in [5.74, 6) is 0. The summed E-state index contributed by atoms with van der Waals surface area (Å²) < 4.78 is 1.39. The molecule has 0 aliphatic carbocycles. The molecule has 6 heteroatoms. The number of benzene rings is 2. The first-order valence-corrected chi connectivity index (χ1v) is 15.8. The largest absolute Gasteiger partial charge is 0.378 e. The average molecular weight is 565 g/mol. The Morgan fingerprint density at radius 2 is 1.69 bits per heavy atom. The number of rotatable bonds is 7. The minimum absolute atomic E-state index is 0.00418. The third-order valence-electron chi connectivity index (χ3n) is 6.73. The normalized spacial score (nSPS) is 18.2. The van der Waals surface area contributed by atoms with Crippen LogP contribution in [0, 0.1) is 4.51 Å². The maximum atomic E-state index is 5.29. The van der Waals surface area contributed by atoms with E-state index in [9.17, 15) is 0 Å². The van der Waals surface area contributed by atoms with Gasteiger partial charge in [0.15, 0.2) is 0 Å². The summed E-state index contributed by atoms with van der Waals surface area (Å²) in [5, 5.41) is 1.22. The number of unbranched alkanes of at least 4 members (excludes halogenated alkanes) is 1. The Kier molecular flexibility index (Phi) is 7.83. The molecule has 0 radical (unpaired) electrons. The molecule has 0 aromatic heterocycles. The molecule has 1 atom stereocenters. The summed E-state index contributed by atoms with van der Waals surface area (Å²) in [6, 6.07) is 9.55. The molecule has 0 saturated carbocycles. The lowest BCUT2D eigenvalue weighted by Crippen LogP contribution is -2.46. The number of hydrogen-bond acceptors (Lipinski definition) is 4. The van der Waals surface area contributed by atoms with Gasteiger partial charge in [-0.15, -0.1) is 0 Å². The zero-order valence-electron chi connectivity index (χ0n) is 20.2. The Hall–Kier alpha value is -1.12. The zero-order valence-corrected chi connectivity index (χ0v) is 23.2. The van der Waals surface area contributed by atoms with Gasteiger partial charge >= 0.3 is 0 Å². The molecule has 1 fully saturated rings. The first-order chi connectivity index (χ1) is 15.5. The monoisotopic (exact) mass is 564 g/mol. The number of piperazine rings is 1. The summed E-state index contributed by atoms with van der Waals surface area (Å²) in [6.45, 7) is 12.6. The minimum Gasteiger partial charge on any atom is -0.378 e. The minimum atomic E-state index is -0.00418. The number of nitrogens with zero attached hydrogens (tertiary/aromatic N) is 4. The van der Waals surface area contributed by atoms with E-state index in [2.05, 4.69) is 95.0 Å². The van der Waals surface area contributed by atoms with E-state index in [4.69, 9.17) is 4.99 Å². The van der Waals surface area contributed by atoms with Gasteiger partial charge in [-0.25, -0.2) is 4.99 Å². The van der Waals surface area contributed by atoms with Gasteiger partial charge in [-0.1, -0.05) is 34.8 Å². The molecule has 4 nitrogen and oxygen atoms in total. The first kappa shape index (κ1) is 24.0. The van der Waals surface area contributed by atoms with E-state index in [1.54, 1.807) is 0 Å². The zero-order chi connectivity index (χ0) is 22.8. The van der Waals surface area contributed by atoms with Gasteiger partial charge in [0.1, 0.15) is 0 Å². The second-order valence-corrected chi connectivity index (χ2v) is 13.1. The molecule has 0 amide bonds. The Labute approximate surface area is 208 Å². The maximum absolute atomic E-state index is 5.29. The smallest absolute Gasteiger partial charge is 0.0809 e. The number of aryl methyl sites for hydroxylation is 2. The van der Waals surface area contributed by atoms with E-state index < -0.39 is 0 Å². The van der Waals surface area contributed by atoms with Gasteiger partial charge in [0.2, 0.25) is 0 Å². The van der Waals surface area contributed by atoms with Gasteiger partial charge in [-0.3, -0.25) is 4.90 Å². The summed E-state index contributed by atoms with van der Waals surface area (Å²) in [6.07, 6.45) is 4.63. The summed E-state index contributed by atoms with van der Waals surface area (Å²) in [5.41, 5.74) is 6.66. The Morgan fingerprint density at radius 3 is 2.31 bits per heavy atom. The molecule has 0 spiro atoms. The van der Waals surface area contributed by atoms with Crippen LogP contribution in [0.2, 0.25) is 0 Å². The quantitative estimate of drug-likeness (QED) is 0.305. The highest BCUT2D eigenvalue weighted by atomic mass is 127. The number of halogens is 1. The molecular weight excluding hydrogens is 527 g/mol. The molecule has 0 N–H and O–H groups in total. The van der Waals surface area contributed by atoms with Gasteiger partial charge in [0.05, 0.1) is 11.0 Å². The SMILES string of the molecule is CCCCN1CCN(c2cc(CC)c3c(c2)S(I)=c2cc(N(C)C)cc(CC)c2=N3)CC1. The van der Waals surface area contributed by atoms with E-state index in [1.807, 2.05) is 0 Å². The van der Waals surface area contributed by atoms with Gasteiger partial charge in [0.25, 0.3) is 0 Å².